The number of hydrogen-bond donors (Lipinski definition) is 1. The maximum atomic E-state index is 8.91. The van der Waals surface area contributed by atoms with Gasteiger partial charge in [-0.05, 0) is 37.3 Å². The molecule has 0 saturated carbocycles. The van der Waals surface area contributed by atoms with Crippen LogP contribution in [0, 0.1) is 23.7 Å². The lowest BCUT2D eigenvalue weighted by Gasteiger charge is -1.94. The lowest BCUT2D eigenvalue weighted by molar-refractivity contribution is 0.174. The van der Waals surface area contributed by atoms with E-state index < -0.39 is 6.10 Å². The van der Waals surface area contributed by atoms with Gasteiger partial charge < -0.3 is 14.6 Å². The minimum atomic E-state index is -0.614. The highest BCUT2D eigenvalue weighted by molar-refractivity contribution is 5.50. The normalized spacial score (nSPS) is 13.4. The van der Waals surface area contributed by atoms with Crippen molar-refractivity contribution in [3.8, 4) is 35.2 Å². The Morgan fingerprint density at radius 1 is 1.22 bits per heavy atom. The monoisotopic (exact) mass is 240 g/mol. The number of fused-ring (bicyclic) bond motifs is 1. The molecule has 90 valence electrons. The second kappa shape index (κ2) is 5.82. The molecule has 1 aliphatic rings. The first-order chi connectivity index (χ1) is 8.75. The molecule has 0 aliphatic carbocycles. The summed E-state index contributed by atoms with van der Waals surface area (Å²) in [6.07, 6.45) is 2.63. The fraction of sp³-hybridized carbons (Fsp3) is 0.200. The van der Waals surface area contributed by atoms with E-state index in [2.05, 4.69) is 23.7 Å². The Morgan fingerprint density at radius 3 is 2.83 bits per heavy atom. The summed E-state index contributed by atoms with van der Waals surface area (Å²) >= 11 is 0. The smallest absolute Gasteiger partial charge is 0.231 e. The van der Waals surface area contributed by atoms with Crippen molar-refractivity contribution in [3.63, 3.8) is 0 Å². The van der Waals surface area contributed by atoms with Crippen molar-refractivity contribution >= 4 is 0 Å². The van der Waals surface area contributed by atoms with Crippen molar-refractivity contribution in [2.24, 2.45) is 0 Å². The highest BCUT2D eigenvalue weighted by Gasteiger charge is 2.12. The standard InChI is InChI=1S/C15H12O3/c1-12(16)6-4-2-3-5-7-13-8-9-14-15(10-13)18-11-17-14/h2-3,8-10,12,16H,11H2,1H3/b3-2+/t12-/m0/s1. The molecule has 0 amide bonds. The maximum absolute atomic E-state index is 8.91. The number of rotatable bonds is 0. The van der Waals surface area contributed by atoms with Gasteiger partial charge in [0.25, 0.3) is 0 Å². The van der Waals surface area contributed by atoms with Crippen LogP contribution in [0.25, 0.3) is 0 Å². The highest BCUT2D eigenvalue weighted by Crippen LogP contribution is 2.32. The first-order valence-corrected chi connectivity index (χ1v) is 5.51. The van der Waals surface area contributed by atoms with E-state index in [4.69, 9.17) is 14.6 Å². The summed E-state index contributed by atoms with van der Waals surface area (Å²) in [4.78, 5) is 0. The molecule has 18 heavy (non-hydrogen) atoms. The Bertz CT molecular complexity index is 577. The zero-order valence-electron chi connectivity index (χ0n) is 9.93. The summed E-state index contributed by atoms with van der Waals surface area (Å²) in [7, 11) is 0. The summed E-state index contributed by atoms with van der Waals surface area (Å²) in [5.74, 6) is 12.6. The lowest BCUT2D eigenvalue weighted by atomic mass is 10.2. The third-order valence-corrected chi connectivity index (χ3v) is 2.13. The molecule has 0 bridgehead atoms. The fourth-order valence-electron chi connectivity index (χ4n) is 1.35. The van der Waals surface area contributed by atoms with E-state index in [1.807, 2.05) is 18.2 Å². The zero-order valence-corrected chi connectivity index (χ0v) is 9.93. The fourth-order valence-corrected chi connectivity index (χ4v) is 1.35. The quantitative estimate of drug-likeness (QED) is 0.702. The van der Waals surface area contributed by atoms with Gasteiger partial charge in [-0.2, -0.15) is 0 Å². The molecule has 0 fully saturated rings. The summed E-state index contributed by atoms with van der Waals surface area (Å²) in [6.45, 7) is 1.88. The van der Waals surface area contributed by atoms with Crippen LogP contribution in [0.1, 0.15) is 12.5 Å². The van der Waals surface area contributed by atoms with Gasteiger partial charge >= 0.3 is 0 Å². The van der Waals surface area contributed by atoms with Gasteiger partial charge in [0, 0.05) is 5.56 Å². The first kappa shape index (κ1) is 12.1. The van der Waals surface area contributed by atoms with Gasteiger partial charge in [-0.3, -0.25) is 0 Å². The van der Waals surface area contributed by atoms with Crippen LogP contribution in [0.3, 0.4) is 0 Å². The third kappa shape index (κ3) is 3.31. The Morgan fingerprint density at radius 2 is 2.00 bits per heavy atom. The second-order valence-electron chi connectivity index (χ2n) is 3.64. The average molecular weight is 240 g/mol. The van der Waals surface area contributed by atoms with E-state index in [1.54, 1.807) is 19.1 Å². The van der Waals surface area contributed by atoms with Crippen LogP contribution < -0.4 is 9.47 Å². The van der Waals surface area contributed by atoms with Crippen molar-refractivity contribution in [3.05, 3.63) is 35.9 Å². The number of benzene rings is 1. The molecule has 0 unspecified atom stereocenters. The Kier molecular flexibility index (Phi) is 3.91. The summed E-state index contributed by atoms with van der Waals surface area (Å²) in [5.41, 5.74) is 0.854. The molecule has 2 rings (SSSR count). The van der Waals surface area contributed by atoms with Gasteiger partial charge in [-0.25, -0.2) is 0 Å². The summed E-state index contributed by atoms with van der Waals surface area (Å²) < 4.78 is 10.5. The van der Waals surface area contributed by atoms with Crippen molar-refractivity contribution < 1.29 is 14.6 Å². The molecule has 3 nitrogen and oxygen atoms in total. The van der Waals surface area contributed by atoms with E-state index in [0.717, 1.165) is 17.1 Å². The van der Waals surface area contributed by atoms with Gasteiger partial charge in [-0.15, -0.1) is 0 Å². The van der Waals surface area contributed by atoms with Crippen LogP contribution in [0.4, 0.5) is 0 Å². The molecule has 3 heteroatoms. The topological polar surface area (TPSA) is 38.7 Å². The molecule has 0 aromatic heterocycles. The third-order valence-electron chi connectivity index (χ3n) is 2.13. The minimum absolute atomic E-state index is 0.265. The van der Waals surface area contributed by atoms with E-state index in [1.165, 1.54) is 0 Å². The van der Waals surface area contributed by atoms with Crippen LogP contribution in [0.2, 0.25) is 0 Å². The van der Waals surface area contributed by atoms with Crippen molar-refractivity contribution in [1.29, 1.82) is 0 Å². The molecule has 0 radical (unpaired) electrons. The van der Waals surface area contributed by atoms with Crippen LogP contribution >= 0.6 is 0 Å². The predicted molar refractivity (Wildman–Crippen MR) is 68.0 cm³/mol. The van der Waals surface area contributed by atoms with Crippen molar-refractivity contribution in [2.75, 3.05) is 6.79 Å². The van der Waals surface area contributed by atoms with Crippen LogP contribution in [0.15, 0.2) is 30.4 Å². The number of aliphatic hydroxyl groups is 1. The number of hydrogen-bond acceptors (Lipinski definition) is 3. The Balaban J connectivity index is 2.01. The molecule has 1 aliphatic heterocycles. The van der Waals surface area contributed by atoms with Crippen LogP contribution in [0.5, 0.6) is 11.5 Å². The molecule has 1 aromatic carbocycles. The second-order valence-corrected chi connectivity index (χ2v) is 3.64. The zero-order chi connectivity index (χ0) is 12.8. The van der Waals surface area contributed by atoms with E-state index in [9.17, 15) is 0 Å². The van der Waals surface area contributed by atoms with Gasteiger partial charge in [-0.1, -0.05) is 23.7 Å². The molecular formula is C15H12O3. The molecule has 1 aromatic rings. The first-order valence-electron chi connectivity index (χ1n) is 5.51. The molecule has 1 heterocycles. The molecular weight excluding hydrogens is 228 g/mol. The molecule has 0 saturated heterocycles. The largest absolute Gasteiger partial charge is 0.454 e. The Hall–Kier alpha value is -2.36. The van der Waals surface area contributed by atoms with Crippen LogP contribution in [-0.4, -0.2) is 18.0 Å². The average Bonchev–Trinajstić information content (AvgIpc) is 2.80. The lowest BCUT2D eigenvalue weighted by Crippen LogP contribution is -1.92. The van der Waals surface area contributed by atoms with Gasteiger partial charge in [0.1, 0.15) is 6.10 Å². The minimum Gasteiger partial charge on any atom is -0.454 e. The maximum Gasteiger partial charge on any atom is 0.231 e. The van der Waals surface area contributed by atoms with E-state index in [-0.39, 0.29) is 6.79 Å². The number of ether oxygens (including phenoxy) is 2. The van der Waals surface area contributed by atoms with Gasteiger partial charge in [0.05, 0.1) is 0 Å². The highest BCUT2D eigenvalue weighted by atomic mass is 16.7. The van der Waals surface area contributed by atoms with Crippen LogP contribution in [-0.2, 0) is 0 Å². The van der Waals surface area contributed by atoms with E-state index in [0.29, 0.717) is 0 Å². The predicted octanol–water partition coefficient (Wildman–Crippen LogP) is 1.71. The Labute approximate surface area is 106 Å². The number of aliphatic hydroxyl groups excluding tert-OH is 1. The summed E-state index contributed by atoms with van der Waals surface area (Å²) in [5, 5.41) is 8.91. The van der Waals surface area contributed by atoms with Gasteiger partial charge in [0.2, 0.25) is 6.79 Å². The molecule has 1 N–H and O–H groups in total. The van der Waals surface area contributed by atoms with Crippen molar-refractivity contribution in [1.82, 2.24) is 0 Å². The SMILES string of the molecule is C[C@H](O)C#C/C=C/C#Cc1ccc2c(c1)OCO2. The molecule has 0 spiro atoms. The van der Waals surface area contributed by atoms with Gasteiger partial charge in [0.15, 0.2) is 11.5 Å². The van der Waals surface area contributed by atoms with E-state index >= 15 is 0 Å². The van der Waals surface area contributed by atoms with Crippen molar-refractivity contribution in [2.45, 2.75) is 13.0 Å². The molecule has 1 atom stereocenters. The summed E-state index contributed by atoms with van der Waals surface area (Å²) in [6, 6.07) is 5.55. The number of allylic oxidation sites excluding steroid dienone is 2.